The van der Waals surface area contributed by atoms with Crippen LogP contribution in [0.5, 0.6) is 0 Å². The highest BCUT2D eigenvalue weighted by Gasteiger charge is 2.25. The van der Waals surface area contributed by atoms with Gasteiger partial charge in [0.1, 0.15) is 11.5 Å². The number of anilines is 1. The molecule has 1 aliphatic heterocycles. The van der Waals surface area contributed by atoms with Crippen LogP contribution in [0.15, 0.2) is 18.5 Å². The van der Waals surface area contributed by atoms with Gasteiger partial charge in [-0.1, -0.05) is 0 Å². The molecule has 4 rings (SSSR count). The predicted octanol–water partition coefficient (Wildman–Crippen LogP) is 0.873. The van der Waals surface area contributed by atoms with Gasteiger partial charge < -0.3 is 10.2 Å². The van der Waals surface area contributed by atoms with E-state index in [4.69, 9.17) is 0 Å². The fourth-order valence-corrected chi connectivity index (χ4v) is 3.52. The molecule has 0 aliphatic carbocycles. The van der Waals surface area contributed by atoms with Crippen LogP contribution in [0.4, 0.5) is 5.82 Å². The lowest BCUT2D eigenvalue weighted by molar-refractivity contribution is 0.0923. The van der Waals surface area contributed by atoms with Crippen LogP contribution in [0.2, 0.25) is 0 Å². The summed E-state index contributed by atoms with van der Waals surface area (Å²) in [6.45, 7) is 5.38. The van der Waals surface area contributed by atoms with E-state index in [1.807, 2.05) is 24.4 Å². The molecule has 3 aromatic heterocycles. The third-order valence-corrected chi connectivity index (χ3v) is 4.77. The molecule has 26 heavy (non-hydrogen) atoms. The molecule has 1 amide bonds. The molecular weight excluding hydrogens is 332 g/mol. The Morgan fingerprint density at radius 2 is 2.15 bits per heavy atom. The SMILES string of the molecule is Cc1cc(C(=O)NC2CCCN(c3nccn4c(C)nnc34)C2)n(C)n1. The number of piperidine rings is 1. The first-order valence-corrected chi connectivity index (χ1v) is 8.75. The number of fused-ring (bicyclic) bond motifs is 1. The number of nitrogens with one attached hydrogen (secondary N) is 1. The van der Waals surface area contributed by atoms with Crippen molar-refractivity contribution in [1.29, 1.82) is 0 Å². The summed E-state index contributed by atoms with van der Waals surface area (Å²) in [7, 11) is 1.79. The number of hydrogen-bond acceptors (Lipinski definition) is 6. The summed E-state index contributed by atoms with van der Waals surface area (Å²) in [6, 6.07) is 1.86. The zero-order valence-electron chi connectivity index (χ0n) is 15.2. The molecule has 9 heteroatoms. The number of carbonyl (C=O) groups excluding carboxylic acids is 1. The Morgan fingerprint density at radius 3 is 2.92 bits per heavy atom. The normalized spacial score (nSPS) is 17.7. The highest BCUT2D eigenvalue weighted by atomic mass is 16.2. The van der Waals surface area contributed by atoms with Gasteiger partial charge >= 0.3 is 0 Å². The minimum Gasteiger partial charge on any atom is -0.351 e. The van der Waals surface area contributed by atoms with E-state index in [0.717, 1.165) is 42.4 Å². The average Bonchev–Trinajstić information content (AvgIpc) is 3.17. The smallest absolute Gasteiger partial charge is 0.269 e. The van der Waals surface area contributed by atoms with Crippen molar-refractivity contribution in [2.75, 3.05) is 18.0 Å². The van der Waals surface area contributed by atoms with Gasteiger partial charge in [0.2, 0.25) is 5.65 Å². The molecule has 1 atom stereocenters. The van der Waals surface area contributed by atoms with Crippen molar-refractivity contribution in [3.63, 3.8) is 0 Å². The van der Waals surface area contributed by atoms with Gasteiger partial charge in [0.25, 0.3) is 5.91 Å². The van der Waals surface area contributed by atoms with Crippen LogP contribution in [0.25, 0.3) is 5.65 Å². The lowest BCUT2D eigenvalue weighted by Crippen LogP contribution is -2.48. The summed E-state index contributed by atoms with van der Waals surface area (Å²) in [5, 5.41) is 15.8. The maximum Gasteiger partial charge on any atom is 0.269 e. The minimum absolute atomic E-state index is 0.0533. The number of aryl methyl sites for hydroxylation is 3. The summed E-state index contributed by atoms with van der Waals surface area (Å²) in [5.41, 5.74) is 2.16. The second kappa shape index (κ2) is 6.40. The van der Waals surface area contributed by atoms with Crippen LogP contribution >= 0.6 is 0 Å². The maximum atomic E-state index is 12.6. The number of rotatable bonds is 3. The zero-order valence-corrected chi connectivity index (χ0v) is 15.2. The lowest BCUT2D eigenvalue weighted by atomic mass is 10.1. The Morgan fingerprint density at radius 1 is 1.31 bits per heavy atom. The summed E-state index contributed by atoms with van der Waals surface area (Å²) in [4.78, 5) is 19.3. The van der Waals surface area contributed by atoms with E-state index in [-0.39, 0.29) is 11.9 Å². The van der Waals surface area contributed by atoms with Crippen molar-refractivity contribution in [3.05, 3.63) is 35.7 Å². The molecule has 136 valence electrons. The zero-order chi connectivity index (χ0) is 18.3. The first-order chi connectivity index (χ1) is 12.5. The van der Waals surface area contributed by atoms with Gasteiger partial charge in [-0.15, -0.1) is 10.2 Å². The Labute approximate surface area is 151 Å². The number of carbonyl (C=O) groups is 1. The molecule has 0 saturated carbocycles. The predicted molar refractivity (Wildman–Crippen MR) is 96.2 cm³/mol. The highest BCUT2D eigenvalue weighted by molar-refractivity contribution is 5.92. The first-order valence-electron chi connectivity index (χ1n) is 8.75. The van der Waals surface area contributed by atoms with E-state index in [2.05, 4.69) is 30.5 Å². The Balaban J connectivity index is 1.52. The summed E-state index contributed by atoms with van der Waals surface area (Å²) < 4.78 is 3.55. The molecule has 0 bridgehead atoms. The first kappa shape index (κ1) is 16.5. The van der Waals surface area contributed by atoms with Crippen molar-refractivity contribution >= 4 is 17.4 Å². The van der Waals surface area contributed by atoms with Crippen LogP contribution < -0.4 is 10.2 Å². The summed E-state index contributed by atoms with van der Waals surface area (Å²) in [6.07, 6.45) is 5.54. The van der Waals surface area contributed by atoms with Crippen LogP contribution in [-0.2, 0) is 7.05 Å². The Bertz CT molecular complexity index is 959. The van der Waals surface area contributed by atoms with Gasteiger partial charge in [-0.2, -0.15) is 5.10 Å². The molecule has 0 aromatic carbocycles. The van der Waals surface area contributed by atoms with E-state index >= 15 is 0 Å². The van der Waals surface area contributed by atoms with Gasteiger partial charge in [0, 0.05) is 38.6 Å². The molecule has 9 nitrogen and oxygen atoms in total. The van der Waals surface area contributed by atoms with Crippen LogP contribution in [0.1, 0.15) is 34.8 Å². The molecular formula is C17H22N8O. The summed E-state index contributed by atoms with van der Waals surface area (Å²) >= 11 is 0. The van der Waals surface area contributed by atoms with E-state index in [0.29, 0.717) is 12.2 Å². The highest BCUT2D eigenvalue weighted by Crippen LogP contribution is 2.22. The molecule has 1 N–H and O–H groups in total. The maximum absolute atomic E-state index is 12.6. The molecule has 0 radical (unpaired) electrons. The van der Waals surface area contributed by atoms with Crippen molar-refractivity contribution in [2.24, 2.45) is 7.05 Å². The number of hydrogen-bond donors (Lipinski definition) is 1. The monoisotopic (exact) mass is 354 g/mol. The Kier molecular flexibility index (Phi) is 4.06. The van der Waals surface area contributed by atoms with Gasteiger partial charge in [-0.3, -0.25) is 13.9 Å². The van der Waals surface area contributed by atoms with E-state index in [1.165, 1.54) is 0 Å². The van der Waals surface area contributed by atoms with Crippen molar-refractivity contribution in [1.82, 2.24) is 34.7 Å². The molecule has 1 fully saturated rings. The molecule has 1 unspecified atom stereocenters. The molecule has 4 heterocycles. The fraction of sp³-hybridized carbons (Fsp3) is 0.471. The molecule has 1 saturated heterocycles. The van der Waals surface area contributed by atoms with Crippen LogP contribution in [-0.4, -0.2) is 54.4 Å². The van der Waals surface area contributed by atoms with E-state index in [9.17, 15) is 4.79 Å². The number of amides is 1. The van der Waals surface area contributed by atoms with Gasteiger partial charge in [-0.25, -0.2) is 4.98 Å². The van der Waals surface area contributed by atoms with Crippen molar-refractivity contribution < 1.29 is 4.79 Å². The fourth-order valence-electron chi connectivity index (χ4n) is 3.52. The van der Waals surface area contributed by atoms with Crippen molar-refractivity contribution in [2.45, 2.75) is 32.7 Å². The van der Waals surface area contributed by atoms with Gasteiger partial charge in [0.05, 0.1) is 5.69 Å². The standard InChI is InChI=1S/C17H22N8O/c1-11-9-14(23(3)22-11)17(26)19-13-5-4-7-24(10-13)15-16-21-20-12(2)25(16)8-6-18-15/h6,8-9,13H,4-5,7,10H2,1-3H3,(H,19,26). The second-order valence-corrected chi connectivity index (χ2v) is 6.74. The molecule has 1 aliphatic rings. The lowest BCUT2D eigenvalue weighted by Gasteiger charge is -2.33. The van der Waals surface area contributed by atoms with Crippen molar-refractivity contribution in [3.8, 4) is 0 Å². The van der Waals surface area contributed by atoms with Crippen LogP contribution in [0.3, 0.4) is 0 Å². The topological polar surface area (TPSA) is 93.2 Å². The number of aromatic nitrogens is 6. The largest absolute Gasteiger partial charge is 0.351 e. The summed E-state index contributed by atoms with van der Waals surface area (Å²) in [5.74, 6) is 1.55. The molecule has 0 spiro atoms. The second-order valence-electron chi connectivity index (χ2n) is 6.74. The number of nitrogens with zero attached hydrogens (tertiary/aromatic N) is 7. The quantitative estimate of drug-likeness (QED) is 0.750. The third-order valence-electron chi connectivity index (χ3n) is 4.77. The van der Waals surface area contributed by atoms with Gasteiger partial charge in [0.15, 0.2) is 5.82 Å². The Hall–Kier alpha value is -2.97. The average molecular weight is 354 g/mol. The van der Waals surface area contributed by atoms with Gasteiger partial charge in [-0.05, 0) is 32.8 Å². The van der Waals surface area contributed by atoms with Crippen LogP contribution in [0, 0.1) is 13.8 Å². The molecule has 3 aromatic rings. The minimum atomic E-state index is -0.0931. The van der Waals surface area contributed by atoms with E-state index < -0.39 is 0 Å². The third kappa shape index (κ3) is 2.89. The van der Waals surface area contributed by atoms with E-state index in [1.54, 1.807) is 24.0 Å².